The first kappa shape index (κ1) is 26.4. The van der Waals surface area contributed by atoms with Gasteiger partial charge in [-0.1, -0.05) is 41.4 Å². The van der Waals surface area contributed by atoms with Crippen molar-refractivity contribution >= 4 is 69.4 Å². The van der Waals surface area contributed by atoms with Crippen LogP contribution in [0.5, 0.6) is 17.2 Å². The summed E-state index contributed by atoms with van der Waals surface area (Å²) in [6.45, 7) is -0.243. The third kappa shape index (κ3) is 6.76. The minimum Gasteiger partial charge on any atom is -0.494 e. The number of hydrogen-bond donors (Lipinski definition) is 2. The normalized spacial score (nSPS) is 15.0. The average Bonchev–Trinajstić information content (AvgIpc) is 3.22. The Kier molecular flexibility index (Phi) is 8.60. The summed E-state index contributed by atoms with van der Waals surface area (Å²) in [7, 11) is 3.02. The SMILES string of the molecule is COc1ccc(Cl)cc1N=C1NC(=O)/C(=C/c2ccc(OCC(=O)Nc3ccccc3Cl)c(OC)c2)S1. The van der Waals surface area contributed by atoms with Crippen LogP contribution >= 0.6 is 35.0 Å². The Morgan fingerprint density at radius 2 is 1.78 bits per heavy atom. The molecule has 3 aromatic carbocycles. The lowest BCUT2D eigenvalue weighted by atomic mass is 10.2. The third-order valence-electron chi connectivity index (χ3n) is 5.01. The fourth-order valence-electron chi connectivity index (χ4n) is 3.28. The molecule has 0 saturated carbocycles. The van der Waals surface area contributed by atoms with Gasteiger partial charge in [0.05, 0.1) is 29.8 Å². The quantitative estimate of drug-likeness (QED) is 0.333. The number of carbonyl (C=O) groups is 2. The van der Waals surface area contributed by atoms with Crippen molar-refractivity contribution in [3.63, 3.8) is 0 Å². The number of rotatable bonds is 8. The Labute approximate surface area is 227 Å². The molecule has 1 aliphatic rings. The lowest BCUT2D eigenvalue weighted by Crippen LogP contribution is -2.20. The smallest absolute Gasteiger partial charge is 0.264 e. The van der Waals surface area contributed by atoms with E-state index in [0.29, 0.717) is 54.3 Å². The van der Waals surface area contributed by atoms with Crippen LogP contribution in [0, 0.1) is 0 Å². The number of nitrogens with one attached hydrogen (secondary N) is 2. The largest absolute Gasteiger partial charge is 0.494 e. The molecule has 0 atom stereocenters. The molecule has 4 rings (SSSR count). The molecule has 0 radical (unpaired) electrons. The van der Waals surface area contributed by atoms with E-state index >= 15 is 0 Å². The number of hydrogen-bond acceptors (Lipinski definition) is 7. The predicted octanol–water partition coefficient (Wildman–Crippen LogP) is 5.92. The molecule has 190 valence electrons. The van der Waals surface area contributed by atoms with Gasteiger partial charge in [-0.05, 0) is 65.9 Å². The van der Waals surface area contributed by atoms with Gasteiger partial charge in [0.25, 0.3) is 11.8 Å². The number of amides is 2. The van der Waals surface area contributed by atoms with E-state index in [9.17, 15) is 9.59 Å². The first-order valence-electron chi connectivity index (χ1n) is 10.8. The highest BCUT2D eigenvalue weighted by Crippen LogP contribution is 2.35. The summed E-state index contributed by atoms with van der Waals surface area (Å²) in [4.78, 5) is 29.7. The standard InChI is InChI=1S/C26H21Cl2N3O5S/c1-34-20-10-8-16(27)13-19(20)30-26-31-25(33)23(37-26)12-15-7-9-21(22(11-15)35-2)36-14-24(32)29-18-6-4-3-5-17(18)28/h3-13H,14H2,1-2H3,(H,29,32)(H,30,31,33)/b23-12-. The first-order valence-corrected chi connectivity index (χ1v) is 12.4. The maximum absolute atomic E-state index is 12.5. The van der Waals surface area contributed by atoms with Gasteiger partial charge in [0.1, 0.15) is 11.4 Å². The molecule has 1 fully saturated rings. The predicted molar refractivity (Wildman–Crippen MR) is 147 cm³/mol. The summed E-state index contributed by atoms with van der Waals surface area (Å²) < 4.78 is 16.4. The van der Waals surface area contributed by atoms with E-state index in [1.807, 2.05) is 0 Å². The summed E-state index contributed by atoms with van der Waals surface area (Å²) in [5, 5.41) is 6.76. The molecule has 0 spiro atoms. The number of aliphatic imine (C=N–C) groups is 1. The van der Waals surface area contributed by atoms with Gasteiger partial charge in [0, 0.05) is 5.02 Å². The number of methoxy groups -OCH3 is 2. The van der Waals surface area contributed by atoms with Crippen molar-refractivity contribution in [2.75, 3.05) is 26.1 Å². The van der Waals surface area contributed by atoms with E-state index in [4.69, 9.17) is 37.4 Å². The van der Waals surface area contributed by atoms with Crippen LogP contribution < -0.4 is 24.8 Å². The fraction of sp³-hybridized carbons (Fsp3) is 0.115. The van der Waals surface area contributed by atoms with Crippen LogP contribution in [-0.2, 0) is 9.59 Å². The highest BCUT2D eigenvalue weighted by atomic mass is 35.5. The maximum atomic E-state index is 12.5. The molecular weight excluding hydrogens is 537 g/mol. The van der Waals surface area contributed by atoms with E-state index in [1.54, 1.807) is 66.7 Å². The molecule has 3 aromatic rings. The lowest BCUT2D eigenvalue weighted by molar-refractivity contribution is -0.118. The van der Waals surface area contributed by atoms with Crippen molar-refractivity contribution in [1.82, 2.24) is 5.32 Å². The average molecular weight is 558 g/mol. The topological polar surface area (TPSA) is 98.3 Å². The maximum Gasteiger partial charge on any atom is 0.264 e. The lowest BCUT2D eigenvalue weighted by Gasteiger charge is -2.12. The number of anilines is 1. The Morgan fingerprint density at radius 1 is 1.03 bits per heavy atom. The van der Waals surface area contributed by atoms with Crippen LogP contribution in [0.2, 0.25) is 10.0 Å². The zero-order valence-electron chi connectivity index (χ0n) is 19.7. The number of nitrogens with zero attached hydrogens (tertiary/aromatic N) is 1. The summed E-state index contributed by atoms with van der Waals surface area (Å²) in [6, 6.07) is 17.1. The Hall–Kier alpha value is -3.66. The highest BCUT2D eigenvalue weighted by Gasteiger charge is 2.24. The van der Waals surface area contributed by atoms with Crippen molar-refractivity contribution in [2.24, 2.45) is 4.99 Å². The van der Waals surface area contributed by atoms with Gasteiger partial charge in [-0.25, -0.2) is 4.99 Å². The van der Waals surface area contributed by atoms with Crippen LogP contribution in [0.4, 0.5) is 11.4 Å². The molecule has 2 amide bonds. The number of thioether (sulfide) groups is 1. The number of para-hydroxylation sites is 1. The summed E-state index contributed by atoms with van der Waals surface area (Å²) >= 11 is 13.3. The van der Waals surface area contributed by atoms with E-state index < -0.39 is 0 Å². The van der Waals surface area contributed by atoms with Gasteiger partial charge < -0.3 is 24.8 Å². The molecule has 2 N–H and O–H groups in total. The zero-order valence-corrected chi connectivity index (χ0v) is 22.0. The highest BCUT2D eigenvalue weighted by molar-refractivity contribution is 8.18. The molecule has 11 heteroatoms. The second-order valence-corrected chi connectivity index (χ2v) is 9.40. The van der Waals surface area contributed by atoms with Crippen LogP contribution in [-0.4, -0.2) is 37.8 Å². The molecule has 0 unspecified atom stereocenters. The first-order chi connectivity index (χ1) is 17.9. The van der Waals surface area contributed by atoms with Crippen LogP contribution in [0.25, 0.3) is 6.08 Å². The number of halogens is 2. The number of benzene rings is 3. The second-order valence-electron chi connectivity index (χ2n) is 7.52. The number of amidine groups is 1. The Bertz CT molecular complexity index is 1410. The van der Waals surface area contributed by atoms with Gasteiger partial charge in [-0.2, -0.15) is 0 Å². The minimum absolute atomic E-state index is 0.243. The Morgan fingerprint density at radius 3 is 2.54 bits per heavy atom. The molecule has 1 saturated heterocycles. The van der Waals surface area contributed by atoms with Crippen LogP contribution in [0.15, 0.2) is 70.6 Å². The Balaban J connectivity index is 1.45. The molecule has 1 aliphatic heterocycles. The van der Waals surface area contributed by atoms with Gasteiger partial charge in [-0.3, -0.25) is 9.59 Å². The van der Waals surface area contributed by atoms with E-state index in [0.717, 1.165) is 0 Å². The van der Waals surface area contributed by atoms with E-state index in [2.05, 4.69) is 15.6 Å². The van der Waals surface area contributed by atoms with Crippen LogP contribution in [0.3, 0.4) is 0 Å². The summed E-state index contributed by atoms with van der Waals surface area (Å²) in [5.74, 6) is 0.646. The molecule has 8 nitrogen and oxygen atoms in total. The van der Waals surface area contributed by atoms with Crippen molar-refractivity contribution in [2.45, 2.75) is 0 Å². The van der Waals surface area contributed by atoms with Crippen molar-refractivity contribution in [3.05, 3.63) is 81.2 Å². The third-order valence-corrected chi connectivity index (χ3v) is 6.48. The van der Waals surface area contributed by atoms with Gasteiger partial charge >= 0.3 is 0 Å². The van der Waals surface area contributed by atoms with E-state index in [-0.39, 0.29) is 18.4 Å². The van der Waals surface area contributed by atoms with Crippen LogP contribution in [0.1, 0.15) is 5.56 Å². The van der Waals surface area contributed by atoms with Gasteiger partial charge in [0.15, 0.2) is 23.3 Å². The molecule has 0 aromatic heterocycles. The molecular formula is C26H21Cl2N3O5S. The van der Waals surface area contributed by atoms with Crippen molar-refractivity contribution in [1.29, 1.82) is 0 Å². The zero-order chi connectivity index (χ0) is 26.4. The minimum atomic E-state index is -0.372. The number of carbonyl (C=O) groups excluding carboxylic acids is 2. The fourth-order valence-corrected chi connectivity index (χ4v) is 4.46. The van der Waals surface area contributed by atoms with Crippen molar-refractivity contribution < 1.29 is 23.8 Å². The number of ether oxygens (including phenoxy) is 3. The van der Waals surface area contributed by atoms with Gasteiger partial charge in [-0.15, -0.1) is 0 Å². The van der Waals surface area contributed by atoms with E-state index in [1.165, 1.54) is 26.0 Å². The second kappa shape index (κ2) is 12.1. The molecule has 1 heterocycles. The molecule has 0 bridgehead atoms. The molecule has 0 aliphatic carbocycles. The van der Waals surface area contributed by atoms with Crippen molar-refractivity contribution in [3.8, 4) is 17.2 Å². The van der Waals surface area contributed by atoms with Gasteiger partial charge in [0.2, 0.25) is 0 Å². The molecule has 37 heavy (non-hydrogen) atoms. The summed E-state index contributed by atoms with van der Waals surface area (Å²) in [6.07, 6.45) is 1.70. The summed E-state index contributed by atoms with van der Waals surface area (Å²) in [5.41, 5.74) is 1.69. The monoisotopic (exact) mass is 557 g/mol.